The molecule has 0 aliphatic heterocycles. The number of rotatable bonds is 3. The maximum atomic E-state index is 13.0. The zero-order chi connectivity index (χ0) is 17.7. The molecule has 1 saturated carbocycles. The van der Waals surface area contributed by atoms with Crippen LogP contribution >= 0.6 is 0 Å². The summed E-state index contributed by atoms with van der Waals surface area (Å²) in [5.74, 6) is 0.265. The minimum absolute atomic E-state index is 0.128. The molecule has 0 amide bonds. The number of ether oxygens (including phenoxy) is 2. The summed E-state index contributed by atoms with van der Waals surface area (Å²) < 4.78 is 22.9. The van der Waals surface area contributed by atoms with Crippen molar-refractivity contribution in [3.05, 3.63) is 47.4 Å². The molecule has 1 aliphatic rings. The Morgan fingerprint density at radius 1 is 1.29 bits per heavy atom. The monoisotopic (exact) mass is 333 g/mol. The summed E-state index contributed by atoms with van der Waals surface area (Å²) in [4.78, 5) is 14.9. The smallest absolute Gasteiger partial charge is 0.338 e. The first-order valence-electron chi connectivity index (χ1n) is 7.43. The molecule has 4 N–H and O–H groups in total. The van der Waals surface area contributed by atoms with Crippen LogP contribution in [0.3, 0.4) is 0 Å². The molecular weight excluding hydrogens is 313 g/mol. The van der Waals surface area contributed by atoms with E-state index < -0.39 is 11.8 Å². The number of hydrogen-bond acceptors (Lipinski definition) is 6. The number of carbonyl (C=O) groups is 1. The molecule has 0 unspecified atom stereocenters. The second kappa shape index (κ2) is 7.63. The van der Waals surface area contributed by atoms with Gasteiger partial charge in [-0.2, -0.15) is 0 Å². The van der Waals surface area contributed by atoms with Crippen LogP contribution in [0.1, 0.15) is 28.8 Å². The molecule has 0 bridgehead atoms. The van der Waals surface area contributed by atoms with Crippen molar-refractivity contribution in [1.82, 2.24) is 4.98 Å². The quantitative estimate of drug-likeness (QED) is 0.661. The number of aromatic nitrogens is 1. The molecule has 0 atom stereocenters. The highest BCUT2D eigenvalue weighted by molar-refractivity contribution is 5.90. The Hall–Kier alpha value is -2.83. The highest BCUT2D eigenvalue weighted by Crippen LogP contribution is 2.26. The van der Waals surface area contributed by atoms with Crippen LogP contribution in [0, 0.1) is 12.7 Å². The molecule has 1 heterocycles. The Bertz CT molecular complexity index is 693. The van der Waals surface area contributed by atoms with E-state index in [0.717, 1.165) is 11.8 Å². The SMILES string of the molecule is COC(=O)c1cc(N)c(C)c(F)c1.Nc1ccc(OC2CC2)cn1. The molecule has 3 rings (SSSR count). The van der Waals surface area contributed by atoms with E-state index in [9.17, 15) is 9.18 Å². The largest absolute Gasteiger partial charge is 0.489 e. The predicted octanol–water partition coefficient (Wildman–Crippen LogP) is 2.71. The van der Waals surface area contributed by atoms with Crippen molar-refractivity contribution in [2.75, 3.05) is 18.6 Å². The summed E-state index contributed by atoms with van der Waals surface area (Å²) in [6, 6.07) is 6.10. The maximum Gasteiger partial charge on any atom is 0.338 e. The van der Waals surface area contributed by atoms with E-state index in [1.807, 2.05) is 6.07 Å². The van der Waals surface area contributed by atoms with Crippen molar-refractivity contribution in [2.24, 2.45) is 0 Å². The molecule has 0 saturated heterocycles. The van der Waals surface area contributed by atoms with Gasteiger partial charge in [0.25, 0.3) is 0 Å². The third kappa shape index (κ3) is 4.84. The molecule has 6 nitrogen and oxygen atoms in total. The summed E-state index contributed by atoms with van der Waals surface area (Å²) in [6.07, 6.45) is 4.43. The summed E-state index contributed by atoms with van der Waals surface area (Å²) in [6.45, 7) is 1.55. The first-order valence-corrected chi connectivity index (χ1v) is 7.43. The van der Waals surface area contributed by atoms with Gasteiger partial charge in [-0.1, -0.05) is 0 Å². The number of pyridine rings is 1. The number of nitrogens with zero attached hydrogens (tertiary/aromatic N) is 1. The number of benzene rings is 1. The molecule has 7 heteroatoms. The van der Waals surface area contributed by atoms with Gasteiger partial charge in [0.2, 0.25) is 0 Å². The average molecular weight is 333 g/mol. The number of anilines is 2. The van der Waals surface area contributed by atoms with Crippen LogP contribution in [0.2, 0.25) is 0 Å². The Kier molecular flexibility index (Phi) is 5.57. The molecule has 128 valence electrons. The minimum atomic E-state index is -0.592. The second-order valence-electron chi connectivity index (χ2n) is 5.40. The lowest BCUT2D eigenvalue weighted by atomic mass is 10.1. The number of halogens is 1. The summed E-state index contributed by atoms with van der Waals surface area (Å²) in [5.41, 5.74) is 11.6. The lowest BCUT2D eigenvalue weighted by Gasteiger charge is -2.04. The van der Waals surface area contributed by atoms with Gasteiger partial charge in [-0.15, -0.1) is 0 Å². The number of nitrogens with two attached hydrogens (primary N) is 2. The number of esters is 1. The molecule has 24 heavy (non-hydrogen) atoms. The predicted molar refractivity (Wildman–Crippen MR) is 89.2 cm³/mol. The maximum absolute atomic E-state index is 13.0. The van der Waals surface area contributed by atoms with Crippen LogP contribution in [0.4, 0.5) is 15.9 Å². The Balaban J connectivity index is 0.000000175. The van der Waals surface area contributed by atoms with Gasteiger partial charge in [0.15, 0.2) is 0 Å². The molecule has 1 fully saturated rings. The van der Waals surface area contributed by atoms with Crippen LogP contribution in [0.15, 0.2) is 30.5 Å². The van der Waals surface area contributed by atoms with Gasteiger partial charge in [-0.05, 0) is 44.0 Å². The third-order valence-corrected chi connectivity index (χ3v) is 3.39. The second-order valence-corrected chi connectivity index (χ2v) is 5.40. The summed E-state index contributed by atoms with van der Waals surface area (Å²) >= 11 is 0. The van der Waals surface area contributed by atoms with E-state index in [0.29, 0.717) is 17.5 Å². The molecule has 2 aromatic rings. The fourth-order valence-corrected chi connectivity index (χ4v) is 1.78. The third-order valence-electron chi connectivity index (χ3n) is 3.39. The molecule has 1 aromatic carbocycles. The molecule has 1 aliphatic carbocycles. The van der Waals surface area contributed by atoms with Crippen molar-refractivity contribution < 1.29 is 18.7 Å². The Morgan fingerprint density at radius 2 is 2.00 bits per heavy atom. The van der Waals surface area contributed by atoms with E-state index in [1.54, 1.807) is 19.2 Å². The van der Waals surface area contributed by atoms with Crippen molar-refractivity contribution >= 4 is 17.5 Å². The van der Waals surface area contributed by atoms with E-state index in [2.05, 4.69) is 9.72 Å². The first kappa shape index (κ1) is 17.5. The van der Waals surface area contributed by atoms with Crippen molar-refractivity contribution in [2.45, 2.75) is 25.9 Å². The van der Waals surface area contributed by atoms with Crippen molar-refractivity contribution in [1.29, 1.82) is 0 Å². The highest BCUT2D eigenvalue weighted by atomic mass is 19.1. The lowest BCUT2D eigenvalue weighted by Crippen LogP contribution is -2.04. The Morgan fingerprint density at radius 3 is 2.50 bits per heavy atom. The zero-order valence-corrected chi connectivity index (χ0v) is 13.6. The van der Waals surface area contributed by atoms with Crippen LogP contribution in [-0.4, -0.2) is 24.2 Å². The van der Waals surface area contributed by atoms with Gasteiger partial charge < -0.3 is 20.9 Å². The van der Waals surface area contributed by atoms with Gasteiger partial charge in [0, 0.05) is 11.3 Å². The number of carbonyl (C=O) groups excluding carboxylic acids is 1. The van der Waals surface area contributed by atoms with Crippen LogP contribution in [0.25, 0.3) is 0 Å². The van der Waals surface area contributed by atoms with Gasteiger partial charge in [-0.3, -0.25) is 0 Å². The number of hydrogen-bond donors (Lipinski definition) is 2. The average Bonchev–Trinajstić information content (AvgIpc) is 3.38. The molecule has 0 radical (unpaired) electrons. The zero-order valence-electron chi connectivity index (χ0n) is 13.6. The lowest BCUT2D eigenvalue weighted by molar-refractivity contribution is 0.0600. The van der Waals surface area contributed by atoms with Crippen LogP contribution in [0.5, 0.6) is 5.75 Å². The summed E-state index contributed by atoms with van der Waals surface area (Å²) in [5, 5.41) is 0. The number of nitrogen functional groups attached to an aromatic ring is 2. The van der Waals surface area contributed by atoms with Crippen molar-refractivity contribution in [3.8, 4) is 5.75 Å². The van der Waals surface area contributed by atoms with Crippen LogP contribution in [-0.2, 0) is 4.74 Å². The van der Waals surface area contributed by atoms with Gasteiger partial charge in [0.1, 0.15) is 17.4 Å². The van der Waals surface area contributed by atoms with E-state index in [1.165, 1.54) is 26.0 Å². The molecule has 1 aromatic heterocycles. The minimum Gasteiger partial charge on any atom is -0.489 e. The van der Waals surface area contributed by atoms with Gasteiger partial charge in [0.05, 0.1) is 25.0 Å². The van der Waals surface area contributed by atoms with E-state index >= 15 is 0 Å². The van der Waals surface area contributed by atoms with Crippen LogP contribution < -0.4 is 16.2 Å². The normalized spacial score (nSPS) is 12.8. The number of methoxy groups -OCH3 is 1. The summed E-state index contributed by atoms with van der Waals surface area (Å²) in [7, 11) is 1.23. The van der Waals surface area contributed by atoms with E-state index in [-0.39, 0.29) is 11.3 Å². The fraction of sp³-hybridized carbons (Fsp3) is 0.294. The fourth-order valence-electron chi connectivity index (χ4n) is 1.78. The van der Waals surface area contributed by atoms with Crippen molar-refractivity contribution in [3.63, 3.8) is 0 Å². The highest BCUT2D eigenvalue weighted by Gasteiger charge is 2.23. The topological polar surface area (TPSA) is 100 Å². The molecule has 0 spiro atoms. The standard InChI is InChI=1S/C9H10FNO2.C8H10N2O/c1-5-7(10)3-6(4-8(5)11)9(12)13-2;9-8-4-3-7(5-10-8)11-6-1-2-6/h3-4H,11H2,1-2H3;3-6H,1-2H2,(H2,9,10). The first-order chi connectivity index (χ1) is 11.4. The molecular formula is C17H20FN3O3. The van der Waals surface area contributed by atoms with Gasteiger partial charge >= 0.3 is 5.97 Å². The Labute approximate surface area is 139 Å². The van der Waals surface area contributed by atoms with Gasteiger partial charge in [-0.25, -0.2) is 14.2 Å². The van der Waals surface area contributed by atoms with E-state index in [4.69, 9.17) is 16.2 Å².